The highest BCUT2D eigenvalue weighted by Gasteiger charge is 2.23. The quantitative estimate of drug-likeness (QED) is 0.745. The molecule has 2 aromatic carbocycles. The lowest BCUT2D eigenvalue weighted by Gasteiger charge is -2.35. The summed E-state index contributed by atoms with van der Waals surface area (Å²) in [6, 6.07) is 13.7. The third-order valence-electron chi connectivity index (χ3n) is 4.58. The predicted molar refractivity (Wildman–Crippen MR) is 105 cm³/mol. The van der Waals surface area contributed by atoms with Crippen LogP contribution in [0.3, 0.4) is 0 Å². The molecule has 1 aliphatic heterocycles. The van der Waals surface area contributed by atoms with Crippen LogP contribution in [-0.4, -0.2) is 56.1 Å². The van der Waals surface area contributed by atoms with Crippen molar-refractivity contribution in [3.05, 3.63) is 58.1 Å². The molecule has 0 spiro atoms. The zero-order valence-corrected chi connectivity index (χ0v) is 16.7. The van der Waals surface area contributed by atoms with E-state index < -0.39 is 0 Å². The summed E-state index contributed by atoms with van der Waals surface area (Å²) in [5.74, 6) is 1.27. The minimum absolute atomic E-state index is 0.0190. The van der Waals surface area contributed by atoms with Crippen LogP contribution < -0.4 is 9.47 Å². The number of carbonyl (C=O) groups excluding carboxylic acids is 1. The van der Waals surface area contributed by atoms with Gasteiger partial charge in [0.2, 0.25) is 0 Å². The summed E-state index contributed by atoms with van der Waals surface area (Å²) in [4.78, 5) is 17.1. The number of benzene rings is 2. The molecule has 0 saturated carbocycles. The molecule has 2 aromatic rings. The van der Waals surface area contributed by atoms with Crippen LogP contribution >= 0.6 is 15.9 Å². The first-order chi connectivity index (χ1) is 12.6. The Kier molecular flexibility index (Phi) is 6.16. The first kappa shape index (κ1) is 18.7. The lowest BCUT2D eigenvalue weighted by atomic mass is 10.1. The molecule has 0 bridgehead atoms. The van der Waals surface area contributed by atoms with Gasteiger partial charge in [0.25, 0.3) is 5.91 Å². The Labute approximate surface area is 162 Å². The van der Waals surface area contributed by atoms with Gasteiger partial charge in [0.05, 0.1) is 14.2 Å². The number of nitrogens with zero attached hydrogens (tertiary/aromatic N) is 2. The van der Waals surface area contributed by atoms with Crippen molar-refractivity contribution in [3.8, 4) is 11.5 Å². The van der Waals surface area contributed by atoms with Crippen molar-refractivity contribution in [3.63, 3.8) is 0 Å². The van der Waals surface area contributed by atoms with Gasteiger partial charge in [-0.3, -0.25) is 9.69 Å². The number of ether oxygens (including phenoxy) is 2. The third-order valence-corrected chi connectivity index (χ3v) is 5.11. The van der Waals surface area contributed by atoms with E-state index in [0.717, 1.165) is 37.2 Å². The molecular formula is C20H23BrN2O3. The summed E-state index contributed by atoms with van der Waals surface area (Å²) in [6.45, 7) is 4.07. The molecule has 26 heavy (non-hydrogen) atoms. The van der Waals surface area contributed by atoms with E-state index in [9.17, 15) is 4.79 Å². The normalized spacial score (nSPS) is 15.0. The summed E-state index contributed by atoms with van der Waals surface area (Å²) < 4.78 is 11.6. The van der Waals surface area contributed by atoms with E-state index in [1.165, 1.54) is 5.56 Å². The van der Waals surface area contributed by atoms with Crippen LogP contribution in [0.4, 0.5) is 0 Å². The third kappa shape index (κ3) is 4.56. The molecule has 1 heterocycles. The van der Waals surface area contributed by atoms with Crippen LogP contribution in [-0.2, 0) is 6.54 Å². The molecule has 138 valence electrons. The molecule has 0 unspecified atom stereocenters. The van der Waals surface area contributed by atoms with Gasteiger partial charge in [-0.1, -0.05) is 28.1 Å². The molecule has 0 aromatic heterocycles. The molecule has 1 saturated heterocycles. The fraction of sp³-hybridized carbons (Fsp3) is 0.350. The molecule has 0 radical (unpaired) electrons. The Morgan fingerprint density at radius 1 is 0.962 bits per heavy atom. The molecule has 0 aliphatic carbocycles. The van der Waals surface area contributed by atoms with E-state index in [1.807, 2.05) is 4.90 Å². The zero-order valence-electron chi connectivity index (χ0n) is 15.1. The number of rotatable bonds is 5. The van der Waals surface area contributed by atoms with Crippen molar-refractivity contribution in [2.75, 3.05) is 40.4 Å². The number of hydrogen-bond acceptors (Lipinski definition) is 4. The Morgan fingerprint density at radius 2 is 1.54 bits per heavy atom. The van der Waals surface area contributed by atoms with E-state index in [4.69, 9.17) is 9.47 Å². The molecule has 5 nitrogen and oxygen atoms in total. The lowest BCUT2D eigenvalue weighted by Crippen LogP contribution is -2.48. The molecule has 1 amide bonds. The number of amides is 1. The number of hydrogen-bond donors (Lipinski definition) is 0. The average molecular weight is 419 g/mol. The van der Waals surface area contributed by atoms with Crippen molar-refractivity contribution in [2.24, 2.45) is 0 Å². The van der Waals surface area contributed by atoms with E-state index in [-0.39, 0.29) is 5.91 Å². The van der Waals surface area contributed by atoms with Crippen molar-refractivity contribution in [1.29, 1.82) is 0 Å². The van der Waals surface area contributed by atoms with E-state index in [2.05, 4.69) is 45.1 Å². The standard InChI is InChI=1S/C20H23BrN2O3/c1-25-18-11-16(12-19(13-18)26-2)20(24)23-9-7-22(8-10-23)14-15-3-5-17(21)6-4-15/h3-6,11-13H,7-10,14H2,1-2H3. The summed E-state index contributed by atoms with van der Waals surface area (Å²) in [7, 11) is 3.17. The van der Waals surface area contributed by atoms with Crippen molar-refractivity contribution in [1.82, 2.24) is 9.80 Å². The van der Waals surface area contributed by atoms with Crippen LogP contribution in [0.5, 0.6) is 11.5 Å². The molecular weight excluding hydrogens is 396 g/mol. The highest BCUT2D eigenvalue weighted by atomic mass is 79.9. The number of methoxy groups -OCH3 is 2. The van der Waals surface area contributed by atoms with Crippen LogP contribution in [0.15, 0.2) is 46.9 Å². The van der Waals surface area contributed by atoms with Crippen molar-refractivity contribution >= 4 is 21.8 Å². The van der Waals surface area contributed by atoms with Gasteiger partial charge < -0.3 is 14.4 Å². The maximum absolute atomic E-state index is 12.8. The highest BCUT2D eigenvalue weighted by Crippen LogP contribution is 2.24. The second-order valence-electron chi connectivity index (χ2n) is 6.30. The Balaban J connectivity index is 1.60. The lowest BCUT2D eigenvalue weighted by molar-refractivity contribution is 0.0628. The number of halogens is 1. The summed E-state index contributed by atoms with van der Waals surface area (Å²) >= 11 is 3.46. The first-order valence-electron chi connectivity index (χ1n) is 8.58. The fourth-order valence-corrected chi connectivity index (χ4v) is 3.33. The van der Waals surface area contributed by atoms with E-state index in [1.54, 1.807) is 32.4 Å². The Hall–Kier alpha value is -2.05. The SMILES string of the molecule is COc1cc(OC)cc(C(=O)N2CCN(Cc3ccc(Br)cc3)CC2)c1. The Morgan fingerprint density at radius 3 is 2.08 bits per heavy atom. The predicted octanol–water partition coefficient (Wildman–Crippen LogP) is 3.42. The molecule has 0 atom stereocenters. The van der Waals surface area contributed by atoms with Gasteiger partial charge in [0.15, 0.2) is 0 Å². The second kappa shape index (κ2) is 8.56. The molecule has 3 rings (SSSR count). The maximum atomic E-state index is 12.8. The summed E-state index contributed by atoms with van der Waals surface area (Å²) in [5.41, 5.74) is 1.88. The smallest absolute Gasteiger partial charge is 0.254 e. The first-order valence-corrected chi connectivity index (χ1v) is 9.37. The number of carbonyl (C=O) groups is 1. The monoisotopic (exact) mass is 418 g/mol. The average Bonchev–Trinajstić information content (AvgIpc) is 2.69. The van der Waals surface area contributed by atoms with Gasteiger partial charge in [-0.2, -0.15) is 0 Å². The van der Waals surface area contributed by atoms with Gasteiger partial charge in [0.1, 0.15) is 11.5 Å². The van der Waals surface area contributed by atoms with Crippen LogP contribution in [0.1, 0.15) is 15.9 Å². The molecule has 1 fully saturated rings. The Bertz CT molecular complexity index is 734. The highest BCUT2D eigenvalue weighted by molar-refractivity contribution is 9.10. The van der Waals surface area contributed by atoms with Crippen LogP contribution in [0.25, 0.3) is 0 Å². The van der Waals surface area contributed by atoms with Crippen molar-refractivity contribution in [2.45, 2.75) is 6.54 Å². The van der Waals surface area contributed by atoms with Crippen LogP contribution in [0.2, 0.25) is 0 Å². The minimum atomic E-state index is 0.0190. The van der Waals surface area contributed by atoms with Gasteiger partial charge in [-0.05, 0) is 29.8 Å². The second-order valence-corrected chi connectivity index (χ2v) is 7.21. The van der Waals surface area contributed by atoms with E-state index in [0.29, 0.717) is 17.1 Å². The largest absolute Gasteiger partial charge is 0.497 e. The zero-order chi connectivity index (χ0) is 18.5. The minimum Gasteiger partial charge on any atom is -0.497 e. The topological polar surface area (TPSA) is 42.0 Å². The molecule has 0 N–H and O–H groups in total. The fourth-order valence-electron chi connectivity index (χ4n) is 3.07. The van der Waals surface area contributed by atoms with Crippen molar-refractivity contribution < 1.29 is 14.3 Å². The van der Waals surface area contributed by atoms with Gasteiger partial charge in [-0.25, -0.2) is 0 Å². The van der Waals surface area contributed by atoms with Gasteiger partial charge in [-0.15, -0.1) is 0 Å². The van der Waals surface area contributed by atoms with Gasteiger partial charge >= 0.3 is 0 Å². The number of piperazine rings is 1. The molecule has 1 aliphatic rings. The van der Waals surface area contributed by atoms with E-state index >= 15 is 0 Å². The van der Waals surface area contributed by atoms with Crippen LogP contribution in [0, 0.1) is 0 Å². The molecule has 6 heteroatoms. The van der Waals surface area contributed by atoms with Gasteiger partial charge in [0, 0.05) is 48.8 Å². The summed E-state index contributed by atoms with van der Waals surface area (Å²) in [6.07, 6.45) is 0. The summed E-state index contributed by atoms with van der Waals surface area (Å²) in [5, 5.41) is 0. The maximum Gasteiger partial charge on any atom is 0.254 e.